The molecule has 1 nitrogen and oxygen atoms in total. The lowest BCUT2D eigenvalue weighted by Gasteiger charge is -2.40. The lowest BCUT2D eigenvalue weighted by atomic mass is 9.71. The van der Waals surface area contributed by atoms with Crippen molar-refractivity contribution in [1.29, 1.82) is 0 Å². The van der Waals surface area contributed by atoms with Crippen LogP contribution in [-0.4, -0.2) is 10.7 Å². The van der Waals surface area contributed by atoms with Crippen LogP contribution in [0.15, 0.2) is 18.2 Å². The number of rotatable bonds is 3. The fourth-order valence-electron chi connectivity index (χ4n) is 3.11. The van der Waals surface area contributed by atoms with E-state index in [9.17, 15) is 9.50 Å². The summed E-state index contributed by atoms with van der Waals surface area (Å²) in [6, 6.07) is 4.70. The largest absolute Gasteiger partial charge is 0.389 e. The average molecular weight is 271 g/mol. The van der Waals surface area contributed by atoms with Crippen LogP contribution >= 0.6 is 11.6 Å². The highest BCUT2D eigenvalue weighted by Gasteiger charge is 2.38. The lowest BCUT2D eigenvalue weighted by molar-refractivity contribution is -0.0496. The molecule has 1 N–H and O–H groups in total. The first-order valence-electron chi connectivity index (χ1n) is 6.71. The first-order valence-corrected chi connectivity index (χ1v) is 7.09. The third kappa shape index (κ3) is 2.86. The summed E-state index contributed by atoms with van der Waals surface area (Å²) in [6.45, 7) is 2.10. The van der Waals surface area contributed by atoms with Crippen LogP contribution in [0.25, 0.3) is 0 Å². The van der Waals surface area contributed by atoms with Gasteiger partial charge in [0.15, 0.2) is 0 Å². The van der Waals surface area contributed by atoms with Gasteiger partial charge in [0.25, 0.3) is 0 Å². The van der Waals surface area contributed by atoms with Crippen molar-refractivity contribution in [2.24, 2.45) is 5.92 Å². The topological polar surface area (TPSA) is 20.2 Å². The van der Waals surface area contributed by atoms with E-state index in [1.807, 2.05) is 0 Å². The van der Waals surface area contributed by atoms with Crippen molar-refractivity contribution in [2.45, 2.75) is 51.0 Å². The molecule has 18 heavy (non-hydrogen) atoms. The minimum absolute atomic E-state index is 0.279. The van der Waals surface area contributed by atoms with E-state index in [4.69, 9.17) is 11.6 Å². The molecular weight excluding hydrogens is 251 g/mol. The monoisotopic (exact) mass is 270 g/mol. The van der Waals surface area contributed by atoms with Gasteiger partial charge in [0, 0.05) is 11.4 Å². The van der Waals surface area contributed by atoms with Crippen LogP contribution in [0.4, 0.5) is 4.39 Å². The Morgan fingerprint density at radius 2 is 2.22 bits per heavy atom. The maximum atomic E-state index is 13.8. The van der Waals surface area contributed by atoms with Crippen LogP contribution in [0.3, 0.4) is 0 Å². The van der Waals surface area contributed by atoms with E-state index in [-0.39, 0.29) is 11.7 Å². The summed E-state index contributed by atoms with van der Waals surface area (Å²) in [5, 5.41) is 11.2. The smallest absolute Gasteiger partial charge is 0.127 e. The molecular formula is C15H20ClFO. The van der Waals surface area contributed by atoms with Crippen LogP contribution in [0.5, 0.6) is 0 Å². The summed E-state index contributed by atoms with van der Waals surface area (Å²) in [5.41, 5.74) is -0.177. The molecule has 2 atom stereocenters. The molecule has 0 saturated heterocycles. The summed E-state index contributed by atoms with van der Waals surface area (Å²) in [7, 11) is 0. The van der Waals surface area contributed by atoms with E-state index >= 15 is 0 Å². The number of hydrogen-bond donors (Lipinski definition) is 1. The molecule has 1 saturated carbocycles. The minimum Gasteiger partial charge on any atom is -0.389 e. The molecule has 0 amide bonds. The third-order valence-corrected chi connectivity index (χ3v) is 4.41. The van der Waals surface area contributed by atoms with Gasteiger partial charge in [-0.15, -0.1) is 0 Å². The predicted molar refractivity (Wildman–Crippen MR) is 72.3 cm³/mol. The quantitative estimate of drug-likeness (QED) is 0.866. The summed E-state index contributed by atoms with van der Waals surface area (Å²) < 4.78 is 13.8. The second kappa shape index (κ2) is 5.58. The summed E-state index contributed by atoms with van der Waals surface area (Å²) in [5.74, 6) is -0.0299. The Morgan fingerprint density at radius 1 is 1.44 bits per heavy atom. The van der Waals surface area contributed by atoms with E-state index in [2.05, 4.69) is 6.92 Å². The van der Waals surface area contributed by atoms with Crippen molar-refractivity contribution in [3.63, 3.8) is 0 Å². The van der Waals surface area contributed by atoms with Crippen molar-refractivity contribution >= 4 is 11.6 Å². The van der Waals surface area contributed by atoms with Crippen LogP contribution in [0.1, 0.15) is 44.6 Å². The van der Waals surface area contributed by atoms with Gasteiger partial charge >= 0.3 is 0 Å². The van der Waals surface area contributed by atoms with Crippen LogP contribution in [-0.2, 0) is 6.42 Å². The summed E-state index contributed by atoms with van der Waals surface area (Å²) >= 11 is 5.75. The predicted octanol–water partition coefficient (Wildman–Crippen LogP) is 4.35. The Morgan fingerprint density at radius 3 is 2.89 bits per heavy atom. The average Bonchev–Trinajstić information content (AvgIpc) is 2.33. The first-order chi connectivity index (χ1) is 8.55. The van der Waals surface area contributed by atoms with Gasteiger partial charge in [0.1, 0.15) is 5.82 Å². The van der Waals surface area contributed by atoms with E-state index in [0.29, 0.717) is 17.0 Å². The van der Waals surface area contributed by atoms with Crippen molar-refractivity contribution in [2.75, 3.05) is 0 Å². The van der Waals surface area contributed by atoms with Gasteiger partial charge in [0.2, 0.25) is 0 Å². The van der Waals surface area contributed by atoms with Gasteiger partial charge < -0.3 is 5.11 Å². The highest BCUT2D eigenvalue weighted by Crippen LogP contribution is 2.38. The minimum atomic E-state index is -0.748. The van der Waals surface area contributed by atoms with Gasteiger partial charge in [0.05, 0.1) is 5.60 Å². The van der Waals surface area contributed by atoms with Crippen molar-refractivity contribution in [1.82, 2.24) is 0 Å². The number of hydrogen-bond acceptors (Lipinski definition) is 1. The highest BCUT2D eigenvalue weighted by molar-refractivity contribution is 6.30. The van der Waals surface area contributed by atoms with E-state index in [1.165, 1.54) is 12.5 Å². The van der Waals surface area contributed by atoms with Crippen LogP contribution in [0, 0.1) is 11.7 Å². The molecule has 2 rings (SSSR count). The van der Waals surface area contributed by atoms with Gasteiger partial charge in [-0.3, -0.25) is 0 Å². The number of aliphatic hydroxyl groups is 1. The zero-order valence-electron chi connectivity index (χ0n) is 10.8. The van der Waals surface area contributed by atoms with Crippen molar-refractivity contribution in [3.05, 3.63) is 34.6 Å². The standard InChI is InChI=1S/C15H20ClFO/c1-2-12-5-3-4-8-15(12,18)10-11-6-7-13(16)9-14(11)17/h6-7,9,12,18H,2-5,8,10H2,1H3. The van der Waals surface area contributed by atoms with Gasteiger partial charge in [-0.05, 0) is 36.5 Å². The number of halogens is 2. The Bertz CT molecular complexity index is 421. The molecule has 0 bridgehead atoms. The lowest BCUT2D eigenvalue weighted by Crippen LogP contribution is -2.42. The van der Waals surface area contributed by atoms with Gasteiger partial charge in [-0.1, -0.05) is 43.9 Å². The van der Waals surface area contributed by atoms with E-state index < -0.39 is 5.60 Å². The second-order valence-corrected chi connectivity index (χ2v) is 5.80. The normalized spacial score (nSPS) is 28.3. The molecule has 1 fully saturated rings. The van der Waals surface area contributed by atoms with E-state index in [0.717, 1.165) is 25.7 Å². The molecule has 1 aliphatic carbocycles. The summed E-state index contributed by atoms with van der Waals surface area (Å²) in [4.78, 5) is 0. The molecule has 3 heteroatoms. The van der Waals surface area contributed by atoms with Gasteiger partial charge in [-0.25, -0.2) is 4.39 Å². The molecule has 1 aromatic carbocycles. The van der Waals surface area contributed by atoms with Gasteiger partial charge in [-0.2, -0.15) is 0 Å². The molecule has 0 aliphatic heterocycles. The van der Waals surface area contributed by atoms with Crippen LogP contribution in [0.2, 0.25) is 5.02 Å². The molecule has 0 heterocycles. The Balaban J connectivity index is 2.20. The molecule has 0 spiro atoms. The van der Waals surface area contributed by atoms with Crippen LogP contribution < -0.4 is 0 Å². The first kappa shape index (κ1) is 13.8. The molecule has 0 radical (unpaired) electrons. The maximum absolute atomic E-state index is 13.8. The molecule has 0 aromatic heterocycles. The molecule has 100 valence electrons. The maximum Gasteiger partial charge on any atom is 0.127 e. The SMILES string of the molecule is CCC1CCCCC1(O)Cc1ccc(Cl)cc1F. The Hall–Kier alpha value is -0.600. The molecule has 1 aliphatic rings. The van der Waals surface area contributed by atoms with E-state index in [1.54, 1.807) is 12.1 Å². The number of benzene rings is 1. The van der Waals surface area contributed by atoms with Crippen molar-refractivity contribution in [3.8, 4) is 0 Å². The fraction of sp³-hybridized carbons (Fsp3) is 0.600. The molecule has 2 unspecified atom stereocenters. The zero-order valence-corrected chi connectivity index (χ0v) is 11.5. The Kier molecular flexibility index (Phi) is 4.29. The summed E-state index contributed by atoms with van der Waals surface area (Å²) in [6.07, 6.45) is 5.36. The van der Waals surface area contributed by atoms with Crippen molar-refractivity contribution < 1.29 is 9.50 Å². The zero-order chi connectivity index (χ0) is 13.2. The highest BCUT2D eigenvalue weighted by atomic mass is 35.5. The Labute approximate surface area is 113 Å². The fourth-order valence-corrected chi connectivity index (χ4v) is 3.27. The third-order valence-electron chi connectivity index (χ3n) is 4.18. The second-order valence-electron chi connectivity index (χ2n) is 5.37. The molecule has 1 aromatic rings.